The zero-order chi connectivity index (χ0) is 12.6. The Morgan fingerprint density at radius 1 is 1.24 bits per heavy atom. The van der Waals surface area contributed by atoms with Crippen LogP contribution >= 0.6 is 0 Å². The van der Waals surface area contributed by atoms with E-state index in [0.29, 0.717) is 6.42 Å². The highest BCUT2D eigenvalue weighted by atomic mass is 16.3. The third kappa shape index (κ3) is 4.76. The molecule has 0 bridgehead atoms. The fourth-order valence-electron chi connectivity index (χ4n) is 1.36. The molecule has 2 rings (SSSR count). The molecule has 0 aliphatic rings. The minimum absolute atomic E-state index is 0.127. The van der Waals surface area contributed by atoms with Crippen molar-refractivity contribution in [2.45, 2.75) is 18.9 Å². The molecule has 1 heterocycles. The van der Waals surface area contributed by atoms with Gasteiger partial charge in [-0.05, 0) is 18.9 Å². The highest BCUT2D eigenvalue weighted by Crippen LogP contribution is 2.20. The van der Waals surface area contributed by atoms with Crippen LogP contribution in [0.4, 0.5) is 0 Å². The lowest BCUT2D eigenvalue weighted by Gasteiger charge is -2.23. The van der Waals surface area contributed by atoms with Crippen molar-refractivity contribution >= 4 is 0 Å². The third-order valence-electron chi connectivity index (χ3n) is 2.40. The summed E-state index contributed by atoms with van der Waals surface area (Å²) in [7, 11) is 0. The molecule has 1 aromatic carbocycles. The molecule has 2 aromatic rings. The van der Waals surface area contributed by atoms with E-state index in [1.807, 2.05) is 37.3 Å². The van der Waals surface area contributed by atoms with Gasteiger partial charge in [0.2, 0.25) is 0 Å². The van der Waals surface area contributed by atoms with Crippen LogP contribution in [0.1, 0.15) is 18.9 Å². The highest BCUT2D eigenvalue weighted by molar-refractivity contribution is 5.22. The number of aromatic nitrogens is 3. The van der Waals surface area contributed by atoms with Gasteiger partial charge in [-0.25, -0.2) is 0 Å². The number of nitrogens with zero attached hydrogens (tertiary/aromatic N) is 2. The predicted molar refractivity (Wildman–Crippen MR) is 66.1 cm³/mol. The smallest absolute Gasteiger partial charge is 0.0690 e. The first kappa shape index (κ1) is 13.3. The number of aliphatic hydroxyl groups is 1. The molecule has 92 valence electrons. The van der Waals surface area contributed by atoms with Gasteiger partial charge in [0.25, 0.3) is 0 Å². The van der Waals surface area contributed by atoms with Crippen molar-refractivity contribution in [3.63, 3.8) is 0 Å². The summed E-state index contributed by atoms with van der Waals surface area (Å²) in [4.78, 5) is 0. The van der Waals surface area contributed by atoms with Gasteiger partial charge in [0.05, 0.1) is 12.4 Å². The minimum atomic E-state index is -0.407. The topological polar surface area (TPSA) is 87.8 Å². The fraction of sp³-hybridized carbons (Fsp3) is 0.333. The molecule has 0 radical (unpaired) electrons. The molecule has 0 saturated heterocycles. The van der Waals surface area contributed by atoms with Crippen molar-refractivity contribution in [2.24, 2.45) is 5.73 Å². The maximum Gasteiger partial charge on any atom is 0.0690 e. The van der Waals surface area contributed by atoms with Gasteiger partial charge in [0, 0.05) is 12.1 Å². The average Bonchev–Trinajstić information content (AvgIpc) is 2.89. The summed E-state index contributed by atoms with van der Waals surface area (Å²) < 4.78 is 0. The van der Waals surface area contributed by atoms with Gasteiger partial charge in [-0.2, -0.15) is 15.4 Å². The Hall–Kier alpha value is -1.72. The van der Waals surface area contributed by atoms with Crippen LogP contribution in [0.5, 0.6) is 0 Å². The normalized spacial score (nSPS) is 13.4. The van der Waals surface area contributed by atoms with E-state index in [-0.39, 0.29) is 6.61 Å². The molecule has 1 unspecified atom stereocenters. The van der Waals surface area contributed by atoms with Crippen LogP contribution < -0.4 is 5.73 Å². The van der Waals surface area contributed by atoms with Crippen LogP contribution in [0.15, 0.2) is 42.7 Å². The molecule has 0 amide bonds. The van der Waals surface area contributed by atoms with Gasteiger partial charge in [-0.3, -0.25) is 0 Å². The van der Waals surface area contributed by atoms with Crippen LogP contribution in [0.2, 0.25) is 0 Å². The average molecular weight is 234 g/mol. The molecule has 0 fully saturated rings. The molecule has 17 heavy (non-hydrogen) atoms. The highest BCUT2D eigenvalue weighted by Gasteiger charge is 2.19. The van der Waals surface area contributed by atoms with E-state index in [9.17, 15) is 0 Å². The first-order valence-corrected chi connectivity index (χ1v) is 5.42. The van der Waals surface area contributed by atoms with Gasteiger partial charge < -0.3 is 10.8 Å². The minimum Gasteiger partial charge on any atom is -0.396 e. The van der Waals surface area contributed by atoms with Gasteiger partial charge >= 0.3 is 0 Å². The number of hydrogen-bond donors (Lipinski definition) is 3. The monoisotopic (exact) mass is 234 g/mol. The predicted octanol–water partition coefficient (Wildman–Crippen LogP) is 1.05. The molecule has 0 aliphatic carbocycles. The van der Waals surface area contributed by atoms with E-state index < -0.39 is 5.54 Å². The number of H-pyrrole nitrogens is 1. The standard InChI is InChI=1S/C10H15NO.C2H3N3/c1-10(11,7-8-12)9-5-3-2-4-6-9;1-2-4-5-3-1/h2-6,12H,7-8,11H2,1H3;1-2H,(H,3,4,5). The first-order chi connectivity index (χ1) is 8.17. The Morgan fingerprint density at radius 2 is 1.82 bits per heavy atom. The Morgan fingerprint density at radius 3 is 2.24 bits per heavy atom. The molecule has 0 saturated carbocycles. The molecular formula is C12H18N4O. The molecule has 4 N–H and O–H groups in total. The van der Waals surface area contributed by atoms with Gasteiger partial charge in [-0.1, -0.05) is 30.3 Å². The summed E-state index contributed by atoms with van der Waals surface area (Å²) in [6.07, 6.45) is 3.76. The molecule has 5 heteroatoms. The first-order valence-electron chi connectivity index (χ1n) is 5.42. The second kappa shape index (κ2) is 6.78. The molecule has 1 atom stereocenters. The van der Waals surface area contributed by atoms with Gasteiger partial charge in [0.15, 0.2) is 0 Å². The quantitative estimate of drug-likeness (QED) is 0.740. The number of nitrogens with two attached hydrogens (primary N) is 1. The van der Waals surface area contributed by atoms with Gasteiger partial charge in [-0.15, -0.1) is 0 Å². The Kier molecular flexibility index (Phi) is 5.32. The summed E-state index contributed by atoms with van der Waals surface area (Å²) in [6, 6.07) is 9.83. The molecule has 0 spiro atoms. The maximum absolute atomic E-state index is 8.78. The van der Waals surface area contributed by atoms with Crippen LogP contribution in [-0.2, 0) is 5.54 Å². The second-order valence-electron chi connectivity index (χ2n) is 3.91. The van der Waals surface area contributed by atoms with Crippen LogP contribution in [0.3, 0.4) is 0 Å². The SMILES string of the molecule is CC(N)(CCO)c1ccccc1.c1cn[nH]n1. The maximum atomic E-state index is 8.78. The number of aliphatic hydroxyl groups excluding tert-OH is 1. The summed E-state index contributed by atoms with van der Waals surface area (Å²) in [6.45, 7) is 2.06. The van der Waals surface area contributed by atoms with Crippen molar-refractivity contribution in [3.8, 4) is 0 Å². The zero-order valence-electron chi connectivity index (χ0n) is 9.87. The van der Waals surface area contributed by atoms with Crippen LogP contribution in [0, 0.1) is 0 Å². The molecule has 0 aliphatic heterocycles. The van der Waals surface area contributed by atoms with E-state index in [1.165, 1.54) is 0 Å². The van der Waals surface area contributed by atoms with Crippen molar-refractivity contribution in [1.29, 1.82) is 0 Å². The van der Waals surface area contributed by atoms with Crippen molar-refractivity contribution in [3.05, 3.63) is 48.3 Å². The van der Waals surface area contributed by atoms with E-state index in [2.05, 4.69) is 15.4 Å². The number of aromatic amines is 1. The summed E-state index contributed by atoms with van der Waals surface area (Å²) in [5, 5.41) is 18.1. The van der Waals surface area contributed by atoms with Crippen molar-refractivity contribution in [2.75, 3.05) is 6.61 Å². The second-order valence-corrected chi connectivity index (χ2v) is 3.91. The van der Waals surface area contributed by atoms with E-state index in [4.69, 9.17) is 10.8 Å². The number of nitrogens with one attached hydrogen (secondary N) is 1. The van der Waals surface area contributed by atoms with Crippen molar-refractivity contribution in [1.82, 2.24) is 15.4 Å². The Bertz CT molecular complexity index is 369. The largest absolute Gasteiger partial charge is 0.396 e. The van der Waals surface area contributed by atoms with Gasteiger partial charge in [0.1, 0.15) is 0 Å². The van der Waals surface area contributed by atoms with E-state index in [1.54, 1.807) is 12.4 Å². The number of benzene rings is 1. The lowest BCUT2D eigenvalue weighted by atomic mass is 9.90. The van der Waals surface area contributed by atoms with E-state index in [0.717, 1.165) is 5.56 Å². The Balaban J connectivity index is 0.000000239. The summed E-state index contributed by atoms with van der Waals surface area (Å²) in [5.74, 6) is 0. The van der Waals surface area contributed by atoms with E-state index >= 15 is 0 Å². The molecule has 5 nitrogen and oxygen atoms in total. The van der Waals surface area contributed by atoms with Crippen LogP contribution in [0.25, 0.3) is 0 Å². The summed E-state index contributed by atoms with van der Waals surface area (Å²) >= 11 is 0. The molecule has 1 aromatic heterocycles. The lowest BCUT2D eigenvalue weighted by Crippen LogP contribution is -2.33. The number of rotatable bonds is 3. The third-order valence-corrected chi connectivity index (χ3v) is 2.40. The molecular weight excluding hydrogens is 216 g/mol. The Labute approximate surface area is 101 Å². The summed E-state index contributed by atoms with van der Waals surface area (Å²) in [5.41, 5.74) is 6.65. The van der Waals surface area contributed by atoms with Crippen LogP contribution in [-0.4, -0.2) is 27.1 Å². The lowest BCUT2D eigenvalue weighted by molar-refractivity contribution is 0.247. The fourth-order valence-corrected chi connectivity index (χ4v) is 1.36. The van der Waals surface area contributed by atoms with Crippen molar-refractivity contribution < 1.29 is 5.11 Å². The zero-order valence-corrected chi connectivity index (χ0v) is 9.87. The number of hydrogen-bond acceptors (Lipinski definition) is 4.